The fraction of sp³-hybridized carbons (Fsp3) is 0.222. The number of aryl methyl sites for hydroxylation is 1. The summed E-state index contributed by atoms with van der Waals surface area (Å²) in [4.78, 5) is 36.0. The van der Waals surface area contributed by atoms with Crippen molar-refractivity contribution in [3.05, 3.63) is 84.0 Å². The maximum atomic E-state index is 12.0. The SMILES string of the molecule is C=C(C)C(=O)Oc1cc(OC(=O)C(=C)C)cc(-c2ccc3c(c2)CCC3OC(=O)C(=C)C)c1. The zero-order valence-electron chi connectivity index (χ0n) is 19.0. The second-order valence-corrected chi connectivity index (χ2v) is 8.16. The Morgan fingerprint density at radius 1 is 0.758 bits per heavy atom. The van der Waals surface area contributed by atoms with Gasteiger partial charge < -0.3 is 14.2 Å². The van der Waals surface area contributed by atoms with Crippen LogP contribution in [0.25, 0.3) is 11.1 Å². The largest absolute Gasteiger partial charge is 0.454 e. The fourth-order valence-electron chi connectivity index (χ4n) is 3.35. The van der Waals surface area contributed by atoms with Gasteiger partial charge in [0.25, 0.3) is 0 Å². The van der Waals surface area contributed by atoms with E-state index in [-0.39, 0.29) is 28.7 Å². The highest BCUT2D eigenvalue weighted by atomic mass is 16.6. The lowest BCUT2D eigenvalue weighted by atomic mass is 9.99. The first-order valence-corrected chi connectivity index (χ1v) is 10.4. The van der Waals surface area contributed by atoms with Gasteiger partial charge >= 0.3 is 17.9 Å². The first-order chi connectivity index (χ1) is 15.5. The first kappa shape index (κ1) is 23.7. The molecule has 6 heteroatoms. The fourth-order valence-corrected chi connectivity index (χ4v) is 3.35. The number of hydrogen-bond acceptors (Lipinski definition) is 6. The van der Waals surface area contributed by atoms with Crippen molar-refractivity contribution in [1.29, 1.82) is 0 Å². The van der Waals surface area contributed by atoms with E-state index in [1.165, 1.54) is 6.07 Å². The zero-order chi connectivity index (χ0) is 24.3. The molecule has 0 heterocycles. The minimum Gasteiger partial charge on any atom is -0.454 e. The number of rotatable bonds is 7. The molecule has 0 aromatic heterocycles. The second kappa shape index (κ2) is 9.69. The molecule has 2 aromatic carbocycles. The van der Waals surface area contributed by atoms with Gasteiger partial charge in [-0.2, -0.15) is 0 Å². The third-order valence-corrected chi connectivity index (χ3v) is 5.09. The van der Waals surface area contributed by atoms with E-state index in [4.69, 9.17) is 14.2 Å². The Balaban J connectivity index is 1.95. The Kier molecular flexibility index (Phi) is 6.97. The van der Waals surface area contributed by atoms with E-state index in [2.05, 4.69) is 19.7 Å². The van der Waals surface area contributed by atoms with Crippen LogP contribution in [-0.4, -0.2) is 17.9 Å². The summed E-state index contributed by atoms with van der Waals surface area (Å²) >= 11 is 0. The van der Waals surface area contributed by atoms with E-state index in [1.807, 2.05) is 18.2 Å². The van der Waals surface area contributed by atoms with Gasteiger partial charge in [0.05, 0.1) is 0 Å². The molecule has 0 amide bonds. The Bertz CT molecular complexity index is 1140. The molecule has 0 spiro atoms. The summed E-state index contributed by atoms with van der Waals surface area (Å²) in [7, 11) is 0. The minimum absolute atomic E-state index is 0.221. The normalized spacial score (nSPS) is 14.1. The molecule has 6 nitrogen and oxygen atoms in total. The van der Waals surface area contributed by atoms with Crippen molar-refractivity contribution in [1.82, 2.24) is 0 Å². The van der Waals surface area contributed by atoms with Crippen molar-refractivity contribution in [3.8, 4) is 22.6 Å². The zero-order valence-corrected chi connectivity index (χ0v) is 19.0. The van der Waals surface area contributed by atoms with E-state index < -0.39 is 17.9 Å². The molecule has 0 saturated carbocycles. The number of benzene rings is 2. The summed E-state index contributed by atoms with van der Waals surface area (Å²) in [5.41, 5.74) is 4.38. The van der Waals surface area contributed by atoms with Gasteiger partial charge in [-0.3, -0.25) is 0 Å². The van der Waals surface area contributed by atoms with Gasteiger partial charge in [0, 0.05) is 22.8 Å². The highest BCUT2D eigenvalue weighted by molar-refractivity contribution is 5.90. The monoisotopic (exact) mass is 446 g/mol. The highest BCUT2D eigenvalue weighted by Crippen LogP contribution is 2.38. The molecule has 0 saturated heterocycles. The maximum absolute atomic E-state index is 12.0. The third kappa shape index (κ3) is 5.66. The van der Waals surface area contributed by atoms with Crippen molar-refractivity contribution >= 4 is 17.9 Å². The number of carbonyl (C=O) groups is 3. The van der Waals surface area contributed by atoms with Gasteiger partial charge in [-0.05, 0) is 68.0 Å². The van der Waals surface area contributed by atoms with Gasteiger partial charge in [-0.15, -0.1) is 0 Å². The second-order valence-electron chi connectivity index (χ2n) is 8.16. The van der Waals surface area contributed by atoms with Crippen molar-refractivity contribution in [2.45, 2.75) is 39.7 Å². The van der Waals surface area contributed by atoms with Crippen LogP contribution >= 0.6 is 0 Å². The predicted molar refractivity (Wildman–Crippen MR) is 125 cm³/mol. The molecule has 0 radical (unpaired) electrons. The predicted octanol–water partition coefficient (Wildman–Crippen LogP) is 5.42. The van der Waals surface area contributed by atoms with E-state index in [0.29, 0.717) is 17.6 Å². The summed E-state index contributed by atoms with van der Waals surface area (Å²) < 4.78 is 16.3. The lowest BCUT2D eigenvalue weighted by Crippen LogP contribution is -2.10. The van der Waals surface area contributed by atoms with E-state index in [9.17, 15) is 14.4 Å². The molecule has 1 aliphatic carbocycles. The molecular weight excluding hydrogens is 420 g/mol. The van der Waals surface area contributed by atoms with Crippen LogP contribution in [0, 0.1) is 0 Å². The first-order valence-electron chi connectivity index (χ1n) is 10.4. The number of ether oxygens (including phenoxy) is 3. The lowest BCUT2D eigenvalue weighted by molar-refractivity contribution is -0.144. The topological polar surface area (TPSA) is 78.9 Å². The van der Waals surface area contributed by atoms with Gasteiger partial charge in [0.1, 0.15) is 17.6 Å². The number of fused-ring (bicyclic) bond motifs is 1. The molecule has 0 aliphatic heterocycles. The van der Waals surface area contributed by atoms with E-state index >= 15 is 0 Å². The smallest absolute Gasteiger partial charge is 0.338 e. The number of esters is 3. The number of carbonyl (C=O) groups excluding carboxylic acids is 3. The van der Waals surface area contributed by atoms with Crippen LogP contribution in [0.4, 0.5) is 0 Å². The van der Waals surface area contributed by atoms with Crippen molar-refractivity contribution in [2.75, 3.05) is 0 Å². The molecule has 1 unspecified atom stereocenters. The molecule has 0 N–H and O–H groups in total. The van der Waals surface area contributed by atoms with E-state index in [0.717, 1.165) is 23.1 Å². The van der Waals surface area contributed by atoms with Crippen LogP contribution in [0.2, 0.25) is 0 Å². The lowest BCUT2D eigenvalue weighted by Gasteiger charge is -2.14. The van der Waals surface area contributed by atoms with E-state index in [1.54, 1.807) is 32.9 Å². The van der Waals surface area contributed by atoms with Gasteiger partial charge in [-0.1, -0.05) is 37.9 Å². The van der Waals surface area contributed by atoms with Crippen molar-refractivity contribution in [2.24, 2.45) is 0 Å². The van der Waals surface area contributed by atoms with Crippen LogP contribution in [-0.2, 0) is 25.5 Å². The van der Waals surface area contributed by atoms with Crippen LogP contribution in [0.15, 0.2) is 72.9 Å². The average molecular weight is 446 g/mol. The van der Waals surface area contributed by atoms with Crippen molar-refractivity contribution in [3.63, 3.8) is 0 Å². The molecule has 2 aromatic rings. The summed E-state index contributed by atoms with van der Waals surface area (Å²) in [6.45, 7) is 15.5. The Labute approximate surface area is 193 Å². The molecule has 170 valence electrons. The molecule has 33 heavy (non-hydrogen) atoms. The quantitative estimate of drug-likeness (QED) is 0.321. The van der Waals surface area contributed by atoms with Gasteiger partial charge in [-0.25, -0.2) is 14.4 Å². The molecule has 0 bridgehead atoms. The minimum atomic E-state index is -0.583. The van der Waals surface area contributed by atoms with Crippen LogP contribution in [0.5, 0.6) is 11.5 Å². The Morgan fingerprint density at radius 3 is 1.82 bits per heavy atom. The molecule has 1 atom stereocenters. The standard InChI is InChI=1S/C27H26O6/c1-15(2)25(28)31-21-12-20(13-22(14-21)32-26(29)16(3)4)18-7-9-23-19(11-18)8-10-24(23)33-27(30)17(5)6/h7,9,11-14,24H,1,3,5,8,10H2,2,4,6H3. The molecule has 0 fully saturated rings. The Morgan fingerprint density at radius 2 is 1.30 bits per heavy atom. The van der Waals surface area contributed by atoms with Gasteiger partial charge in [0.2, 0.25) is 0 Å². The molecular formula is C27H26O6. The van der Waals surface area contributed by atoms with Crippen LogP contribution in [0.3, 0.4) is 0 Å². The highest BCUT2D eigenvalue weighted by Gasteiger charge is 2.26. The van der Waals surface area contributed by atoms with Crippen LogP contribution < -0.4 is 9.47 Å². The maximum Gasteiger partial charge on any atom is 0.338 e. The summed E-state index contributed by atoms with van der Waals surface area (Å²) in [5, 5.41) is 0. The Hall–Kier alpha value is -3.93. The van der Waals surface area contributed by atoms with Gasteiger partial charge in [0.15, 0.2) is 0 Å². The van der Waals surface area contributed by atoms with Crippen LogP contribution in [0.1, 0.15) is 44.4 Å². The van der Waals surface area contributed by atoms with Crippen molar-refractivity contribution < 1.29 is 28.6 Å². The summed E-state index contributed by atoms with van der Waals surface area (Å²) in [6, 6.07) is 10.6. The summed E-state index contributed by atoms with van der Waals surface area (Å²) in [5.74, 6) is -1.13. The number of hydrogen-bond donors (Lipinski definition) is 0. The summed E-state index contributed by atoms with van der Waals surface area (Å²) in [6.07, 6.45) is 1.13. The molecule has 3 rings (SSSR count). The third-order valence-electron chi connectivity index (χ3n) is 5.09. The average Bonchev–Trinajstić information content (AvgIpc) is 3.15. The molecule has 1 aliphatic rings.